The maximum Gasteiger partial charge on any atom is 0.124 e. The van der Waals surface area contributed by atoms with Crippen molar-refractivity contribution in [1.82, 2.24) is 0 Å². The minimum absolute atomic E-state index is 0.113. The molecule has 100 valence electrons. The lowest BCUT2D eigenvalue weighted by atomic mass is 10.1. The predicted octanol–water partition coefficient (Wildman–Crippen LogP) is 4.15. The molecule has 0 heterocycles. The molecule has 2 aromatic carbocycles. The second-order valence-corrected chi connectivity index (χ2v) is 5.62. The van der Waals surface area contributed by atoms with E-state index < -0.39 is 0 Å². The molecule has 0 saturated heterocycles. The van der Waals surface area contributed by atoms with Gasteiger partial charge in [-0.05, 0) is 42.8 Å². The van der Waals surface area contributed by atoms with Crippen LogP contribution in [0.15, 0.2) is 53.4 Å². The maximum absolute atomic E-state index is 13.3. The van der Waals surface area contributed by atoms with Crippen LogP contribution in [0.2, 0.25) is 0 Å². The van der Waals surface area contributed by atoms with E-state index >= 15 is 0 Å². The summed E-state index contributed by atoms with van der Waals surface area (Å²) in [5.74, 6) is -0.573. The molecule has 2 atom stereocenters. The molecule has 1 nitrogen and oxygen atoms in total. The van der Waals surface area contributed by atoms with Crippen molar-refractivity contribution in [2.24, 2.45) is 5.73 Å². The lowest BCUT2D eigenvalue weighted by Gasteiger charge is -2.21. The van der Waals surface area contributed by atoms with Gasteiger partial charge >= 0.3 is 0 Å². The van der Waals surface area contributed by atoms with Crippen molar-refractivity contribution in [3.8, 4) is 0 Å². The van der Waals surface area contributed by atoms with E-state index in [1.807, 2.05) is 19.1 Å². The van der Waals surface area contributed by atoms with E-state index in [9.17, 15) is 8.78 Å². The number of hydrogen-bond acceptors (Lipinski definition) is 2. The van der Waals surface area contributed by atoms with Crippen molar-refractivity contribution >= 4 is 11.8 Å². The smallest absolute Gasteiger partial charge is 0.124 e. The van der Waals surface area contributed by atoms with Crippen LogP contribution < -0.4 is 5.73 Å². The fourth-order valence-corrected chi connectivity index (χ4v) is 2.98. The second-order valence-electron chi connectivity index (χ2n) is 4.41. The van der Waals surface area contributed by atoms with Crippen molar-refractivity contribution in [2.45, 2.75) is 23.1 Å². The SMILES string of the molecule is CC(N)C(Sc1cccc(F)c1)c1cccc(F)c1. The van der Waals surface area contributed by atoms with Crippen LogP contribution in [0.5, 0.6) is 0 Å². The summed E-state index contributed by atoms with van der Waals surface area (Å²) in [7, 11) is 0. The van der Waals surface area contributed by atoms with Gasteiger partial charge in [0.25, 0.3) is 0 Å². The summed E-state index contributed by atoms with van der Waals surface area (Å²) >= 11 is 1.44. The third-order valence-corrected chi connectivity index (χ3v) is 4.20. The minimum atomic E-state index is -0.289. The monoisotopic (exact) mass is 279 g/mol. The molecule has 0 amide bonds. The Labute approximate surface area is 115 Å². The van der Waals surface area contributed by atoms with Crippen molar-refractivity contribution in [3.05, 3.63) is 65.7 Å². The molecule has 0 fully saturated rings. The number of rotatable bonds is 4. The Morgan fingerprint density at radius 3 is 2.21 bits per heavy atom. The normalized spacial score (nSPS) is 14.1. The number of thioether (sulfide) groups is 1. The molecule has 19 heavy (non-hydrogen) atoms. The van der Waals surface area contributed by atoms with Crippen LogP contribution >= 0.6 is 11.8 Å². The molecule has 0 aliphatic carbocycles. The molecule has 0 aromatic heterocycles. The average molecular weight is 279 g/mol. The number of halogens is 2. The Kier molecular flexibility index (Phi) is 4.56. The average Bonchev–Trinajstić information content (AvgIpc) is 2.35. The van der Waals surface area contributed by atoms with Crippen LogP contribution in [-0.4, -0.2) is 6.04 Å². The minimum Gasteiger partial charge on any atom is -0.327 e. The summed E-state index contributed by atoms with van der Waals surface area (Å²) in [5.41, 5.74) is 6.78. The lowest BCUT2D eigenvalue weighted by Crippen LogP contribution is -2.22. The van der Waals surface area contributed by atoms with Crippen LogP contribution in [0.25, 0.3) is 0 Å². The molecule has 2 unspecified atom stereocenters. The topological polar surface area (TPSA) is 26.0 Å². The lowest BCUT2D eigenvalue weighted by molar-refractivity contribution is 0.620. The molecular formula is C15H15F2NS. The molecule has 2 aromatic rings. The standard InChI is InChI=1S/C15H15F2NS/c1-10(18)15(11-4-2-5-12(16)8-11)19-14-7-3-6-13(17)9-14/h2-10,15H,18H2,1H3. The Bertz CT molecular complexity index is 557. The molecule has 0 saturated carbocycles. The number of benzene rings is 2. The molecule has 0 bridgehead atoms. The van der Waals surface area contributed by atoms with Crippen LogP contribution in [0.3, 0.4) is 0 Å². The van der Waals surface area contributed by atoms with Gasteiger partial charge in [0.05, 0.1) is 0 Å². The molecule has 2 N–H and O–H groups in total. The van der Waals surface area contributed by atoms with Gasteiger partial charge in [-0.1, -0.05) is 18.2 Å². The summed E-state index contributed by atoms with van der Waals surface area (Å²) in [5, 5.41) is -0.113. The van der Waals surface area contributed by atoms with E-state index in [-0.39, 0.29) is 22.9 Å². The fraction of sp³-hybridized carbons (Fsp3) is 0.200. The first-order valence-electron chi connectivity index (χ1n) is 5.99. The van der Waals surface area contributed by atoms with Crippen molar-refractivity contribution < 1.29 is 8.78 Å². The first kappa shape index (κ1) is 14.0. The summed E-state index contributed by atoms with van der Waals surface area (Å²) in [6.07, 6.45) is 0. The van der Waals surface area contributed by atoms with Gasteiger partial charge in [-0.3, -0.25) is 0 Å². The molecule has 0 aliphatic heterocycles. The Hall–Kier alpha value is -1.39. The van der Waals surface area contributed by atoms with Crippen LogP contribution in [0.1, 0.15) is 17.7 Å². The van der Waals surface area contributed by atoms with Gasteiger partial charge in [-0.15, -0.1) is 11.8 Å². The van der Waals surface area contributed by atoms with Gasteiger partial charge in [0, 0.05) is 16.2 Å². The van der Waals surface area contributed by atoms with Gasteiger partial charge in [0.1, 0.15) is 11.6 Å². The van der Waals surface area contributed by atoms with E-state index in [1.165, 1.54) is 36.0 Å². The zero-order valence-corrected chi connectivity index (χ0v) is 11.3. The van der Waals surface area contributed by atoms with Gasteiger partial charge in [0.15, 0.2) is 0 Å². The first-order chi connectivity index (χ1) is 9.06. The highest BCUT2D eigenvalue weighted by Crippen LogP contribution is 2.37. The van der Waals surface area contributed by atoms with E-state index in [0.717, 1.165) is 10.5 Å². The molecule has 0 radical (unpaired) electrons. The van der Waals surface area contributed by atoms with Crippen LogP contribution in [-0.2, 0) is 0 Å². The Balaban J connectivity index is 2.26. The number of hydrogen-bond donors (Lipinski definition) is 1. The first-order valence-corrected chi connectivity index (χ1v) is 6.87. The Morgan fingerprint density at radius 2 is 1.63 bits per heavy atom. The summed E-state index contributed by atoms with van der Waals surface area (Å²) in [4.78, 5) is 0.784. The Morgan fingerprint density at radius 1 is 1.00 bits per heavy atom. The predicted molar refractivity (Wildman–Crippen MR) is 75.0 cm³/mol. The van der Waals surface area contributed by atoms with E-state index in [1.54, 1.807) is 12.1 Å². The zero-order valence-electron chi connectivity index (χ0n) is 10.5. The van der Waals surface area contributed by atoms with Crippen LogP contribution in [0, 0.1) is 11.6 Å². The van der Waals surface area contributed by atoms with Crippen molar-refractivity contribution in [1.29, 1.82) is 0 Å². The maximum atomic E-state index is 13.3. The van der Waals surface area contributed by atoms with Crippen LogP contribution in [0.4, 0.5) is 8.78 Å². The summed E-state index contributed by atoms with van der Waals surface area (Å²) in [6.45, 7) is 1.86. The second kappa shape index (κ2) is 6.17. The van der Waals surface area contributed by atoms with E-state index in [0.29, 0.717) is 0 Å². The van der Waals surface area contributed by atoms with E-state index in [2.05, 4.69) is 0 Å². The zero-order chi connectivity index (χ0) is 13.8. The van der Waals surface area contributed by atoms with Crippen molar-refractivity contribution in [2.75, 3.05) is 0 Å². The van der Waals surface area contributed by atoms with Gasteiger partial charge in [0.2, 0.25) is 0 Å². The van der Waals surface area contributed by atoms with Gasteiger partial charge in [-0.2, -0.15) is 0 Å². The highest BCUT2D eigenvalue weighted by molar-refractivity contribution is 7.99. The molecule has 0 spiro atoms. The highest BCUT2D eigenvalue weighted by atomic mass is 32.2. The van der Waals surface area contributed by atoms with Gasteiger partial charge in [-0.25, -0.2) is 8.78 Å². The fourth-order valence-electron chi connectivity index (χ4n) is 1.85. The van der Waals surface area contributed by atoms with E-state index in [4.69, 9.17) is 5.73 Å². The third kappa shape index (κ3) is 3.78. The van der Waals surface area contributed by atoms with Gasteiger partial charge < -0.3 is 5.73 Å². The molecular weight excluding hydrogens is 264 g/mol. The third-order valence-electron chi connectivity index (χ3n) is 2.71. The summed E-state index contributed by atoms with van der Waals surface area (Å²) < 4.78 is 26.5. The molecule has 4 heteroatoms. The largest absolute Gasteiger partial charge is 0.327 e. The quantitative estimate of drug-likeness (QED) is 0.851. The summed E-state index contributed by atoms with van der Waals surface area (Å²) in [6, 6.07) is 12.5. The molecule has 2 rings (SSSR count). The van der Waals surface area contributed by atoms with Crippen molar-refractivity contribution in [3.63, 3.8) is 0 Å². The highest BCUT2D eigenvalue weighted by Gasteiger charge is 2.18. The number of nitrogens with two attached hydrogens (primary N) is 1. The molecule has 0 aliphatic rings.